The first kappa shape index (κ1) is 17.5. The third kappa shape index (κ3) is 3.15. The number of aromatic nitrogens is 2. The summed E-state index contributed by atoms with van der Waals surface area (Å²) in [6.45, 7) is 1.52. The Kier molecular flexibility index (Phi) is 4.32. The van der Waals surface area contributed by atoms with E-state index in [-0.39, 0.29) is 24.4 Å². The molecular weight excluding hydrogens is 346 g/mol. The summed E-state index contributed by atoms with van der Waals surface area (Å²) in [6.07, 6.45) is 4.61. The summed E-state index contributed by atoms with van der Waals surface area (Å²) < 4.78 is 0. The second-order valence-electron chi connectivity index (χ2n) is 7.35. The van der Waals surface area contributed by atoms with Crippen molar-refractivity contribution >= 4 is 22.6 Å². The van der Waals surface area contributed by atoms with Gasteiger partial charge in [0.25, 0.3) is 11.5 Å². The van der Waals surface area contributed by atoms with Crippen molar-refractivity contribution in [1.29, 1.82) is 5.26 Å². The number of carbonyl (C=O) groups is 1. The summed E-state index contributed by atoms with van der Waals surface area (Å²) in [4.78, 5) is 33.8. The van der Waals surface area contributed by atoms with Crippen LogP contribution in [0.25, 0.3) is 11.0 Å². The molecule has 3 N–H and O–H groups in total. The van der Waals surface area contributed by atoms with Gasteiger partial charge in [-0.05, 0) is 43.2 Å². The maximum absolute atomic E-state index is 12.4. The maximum atomic E-state index is 12.4. The van der Waals surface area contributed by atoms with Crippen molar-refractivity contribution in [2.45, 2.75) is 25.7 Å². The topological polar surface area (TPSA) is 122 Å². The van der Waals surface area contributed by atoms with Gasteiger partial charge < -0.3 is 20.3 Å². The van der Waals surface area contributed by atoms with Gasteiger partial charge in [-0.15, -0.1) is 0 Å². The number of pyridine rings is 2. The number of H-pyrrole nitrogens is 1. The second kappa shape index (κ2) is 6.67. The van der Waals surface area contributed by atoms with Crippen LogP contribution in [-0.2, 0) is 0 Å². The monoisotopic (exact) mass is 367 g/mol. The molecule has 8 nitrogen and oxygen atoms in total. The molecule has 1 spiro atoms. The molecule has 3 heterocycles. The second-order valence-corrected chi connectivity index (χ2v) is 7.35. The number of carbonyl (C=O) groups excluding carboxylic acids is 1. The normalized spacial score (nSPS) is 17.7. The minimum atomic E-state index is -0.439. The average molecular weight is 367 g/mol. The molecule has 0 aromatic carbocycles. The van der Waals surface area contributed by atoms with Crippen molar-refractivity contribution in [2.75, 3.05) is 31.1 Å². The molecule has 2 aromatic heterocycles. The third-order valence-electron chi connectivity index (χ3n) is 5.67. The van der Waals surface area contributed by atoms with E-state index >= 15 is 0 Å². The van der Waals surface area contributed by atoms with Crippen molar-refractivity contribution in [3.8, 4) is 6.07 Å². The zero-order chi connectivity index (χ0) is 19.0. The number of hydrogen-bond donors (Lipinski definition) is 3. The number of nitriles is 1. The van der Waals surface area contributed by atoms with Gasteiger partial charge in [0.2, 0.25) is 0 Å². The molecule has 0 unspecified atom stereocenters. The standard InChI is InChI=1S/C19H21N5O3/c20-11-12-16(24-8-5-19(3-4-19)6-9-24)15-13(23-17(12)26)1-2-14(22-15)18(27)21-7-10-25/h1-2,25H,3-10H2,(H,21,27)(H,23,26). The highest BCUT2D eigenvalue weighted by Crippen LogP contribution is 2.54. The molecule has 27 heavy (non-hydrogen) atoms. The van der Waals surface area contributed by atoms with Crippen LogP contribution in [0, 0.1) is 16.7 Å². The lowest BCUT2D eigenvalue weighted by molar-refractivity contribution is 0.0940. The summed E-state index contributed by atoms with van der Waals surface area (Å²) in [6, 6.07) is 5.17. The van der Waals surface area contributed by atoms with Gasteiger partial charge in [0.1, 0.15) is 22.8 Å². The largest absolute Gasteiger partial charge is 0.395 e. The molecule has 8 heteroatoms. The van der Waals surface area contributed by atoms with Gasteiger partial charge in [-0.1, -0.05) is 0 Å². The van der Waals surface area contributed by atoms with E-state index in [1.54, 1.807) is 6.07 Å². The molecule has 2 aromatic rings. The summed E-state index contributed by atoms with van der Waals surface area (Å²) in [5.41, 5.74) is 1.71. The summed E-state index contributed by atoms with van der Waals surface area (Å²) in [5.74, 6) is -0.405. The number of fused-ring (bicyclic) bond motifs is 1. The fraction of sp³-hybridized carbons (Fsp3) is 0.474. The van der Waals surface area contributed by atoms with Gasteiger partial charge in [-0.2, -0.15) is 5.26 Å². The summed E-state index contributed by atoms with van der Waals surface area (Å²) >= 11 is 0. The highest BCUT2D eigenvalue weighted by atomic mass is 16.3. The van der Waals surface area contributed by atoms with E-state index in [0.29, 0.717) is 22.1 Å². The highest BCUT2D eigenvalue weighted by Gasteiger charge is 2.45. The molecule has 0 bridgehead atoms. The number of aromatic amines is 1. The molecule has 1 saturated heterocycles. The number of rotatable bonds is 4. The number of piperidine rings is 1. The zero-order valence-electron chi connectivity index (χ0n) is 14.9. The minimum absolute atomic E-state index is 0.0367. The Bertz CT molecular complexity index is 993. The molecule has 1 aliphatic heterocycles. The molecule has 140 valence electrons. The fourth-order valence-corrected chi connectivity index (χ4v) is 3.83. The molecular formula is C19H21N5O3. The summed E-state index contributed by atoms with van der Waals surface area (Å²) in [5, 5.41) is 21.0. The van der Waals surface area contributed by atoms with E-state index in [1.165, 1.54) is 18.9 Å². The Morgan fingerprint density at radius 1 is 1.33 bits per heavy atom. The van der Waals surface area contributed by atoms with Crippen LogP contribution in [0.5, 0.6) is 0 Å². The van der Waals surface area contributed by atoms with E-state index in [0.717, 1.165) is 25.9 Å². The number of hydrogen-bond acceptors (Lipinski definition) is 6. The molecule has 0 radical (unpaired) electrons. The number of nitrogens with zero attached hydrogens (tertiary/aromatic N) is 3. The van der Waals surface area contributed by atoms with Gasteiger partial charge in [-0.3, -0.25) is 9.59 Å². The number of amides is 1. The lowest BCUT2D eigenvalue weighted by Gasteiger charge is -2.34. The van der Waals surface area contributed by atoms with Gasteiger partial charge in [0.05, 0.1) is 17.8 Å². The first-order valence-electron chi connectivity index (χ1n) is 9.18. The van der Waals surface area contributed by atoms with Gasteiger partial charge >= 0.3 is 0 Å². The molecule has 0 atom stereocenters. The lowest BCUT2D eigenvalue weighted by Crippen LogP contribution is -2.36. The van der Waals surface area contributed by atoms with E-state index in [1.807, 2.05) is 6.07 Å². The Hall–Kier alpha value is -2.92. The van der Waals surface area contributed by atoms with Crippen LogP contribution in [-0.4, -0.2) is 47.2 Å². The van der Waals surface area contributed by atoms with Crippen molar-refractivity contribution in [1.82, 2.24) is 15.3 Å². The predicted octanol–water partition coefficient (Wildman–Crippen LogP) is 0.897. The van der Waals surface area contributed by atoms with Gasteiger partial charge in [0, 0.05) is 19.6 Å². The van der Waals surface area contributed by atoms with Crippen LogP contribution in [0.1, 0.15) is 41.7 Å². The van der Waals surface area contributed by atoms with Crippen molar-refractivity contribution in [3.05, 3.63) is 33.7 Å². The average Bonchev–Trinajstić information content (AvgIpc) is 3.44. The first-order valence-corrected chi connectivity index (χ1v) is 9.18. The Morgan fingerprint density at radius 3 is 2.70 bits per heavy atom. The summed E-state index contributed by atoms with van der Waals surface area (Å²) in [7, 11) is 0. The van der Waals surface area contributed by atoms with E-state index in [2.05, 4.69) is 20.2 Å². The molecule has 1 aliphatic carbocycles. The third-order valence-corrected chi connectivity index (χ3v) is 5.67. The molecule has 1 saturated carbocycles. The zero-order valence-corrected chi connectivity index (χ0v) is 14.9. The van der Waals surface area contributed by atoms with Crippen LogP contribution in [0.4, 0.5) is 5.69 Å². The number of nitrogens with one attached hydrogen (secondary N) is 2. The Morgan fingerprint density at radius 2 is 2.07 bits per heavy atom. The van der Waals surface area contributed by atoms with Crippen LogP contribution in [0.2, 0.25) is 0 Å². The SMILES string of the molecule is N#Cc1c(N2CCC3(CC2)CC3)c2nc(C(=O)NCCO)ccc2[nH]c1=O. The van der Waals surface area contributed by atoms with E-state index in [4.69, 9.17) is 5.11 Å². The highest BCUT2D eigenvalue weighted by molar-refractivity contribution is 5.97. The smallest absolute Gasteiger partial charge is 0.269 e. The number of aliphatic hydroxyl groups excluding tert-OH is 1. The minimum Gasteiger partial charge on any atom is -0.395 e. The van der Waals surface area contributed by atoms with E-state index in [9.17, 15) is 14.9 Å². The van der Waals surface area contributed by atoms with Crippen LogP contribution < -0.4 is 15.8 Å². The van der Waals surface area contributed by atoms with Crippen LogP contribution >= 0.6 is 0 Å². The van der Waals surface area contributed by atoms with Gasteiger partial charge in [-0.25, -0.2) is 4.98 Å². The van der Waals surface area contributed by atoms with Crippen molar-refractivity contribution < 1.29 is 9.90 Å². The maximum Gasteiger partial charge on any atom is 0.269 e. The molecule has 1 amide bonds. The quantitative estimate of drug-likeness (QED) is 0.738. The van der Waals surface area contributed by atoms with Gasteiger partial charge in [0.15, 0.2) is 0 Å². The van der Waals surface area contributed by atoms with Crippen molar-refractivity contribution in [2.24, 2.45) is 5.41 Å². The van der Waals surface area contributed by atoms with Crippen LogP contribution in [0.3, 0.4) is 0 Å². The van der Waals surface area contributed by atoms with E-state index < -0.39 is 11.5 Å². The first-order chi connectivity index (χ1) is 13.1. The van der Waals surface area contributed by atoms with Crippen LogP contribution in [0.15, 0.2) is 16.9 Å². The molecule has 2 aliphatic rings. The molecule has 2 fully saturated rings. The predicted molar refractivity (Wildman–Crippen MR) is 99.6 cm³/mol. The lowest BCUT2D eigenvalue weighted by atomic mass is 9.93. The Balaban J connectivity index is 1.79. The Labute approximate surface area is 155 Å². The van der Waals surface area contributed by atoms with Crippen molar-refractivity contribution in [3.63, 3.8) is 0 Å². The fourth-order valence-electron chi connectivity index (χ4n) is 3.83. The number of aliphatic hydroxyl groups is 1. The number of anilines is 1. The molecule has 4 rings (SSSR count).